The average Bonchev–Trinajstić information content (AvgIpc) is 2.16. The van der Waals surface area contributed by atoms with Crippen LogP contribution < -0.4 is 9.47 Å². The third-order valence-corrected chi connectivity index (χ3v) is 1.97. The number of benzene rings is 1. The summed E-state index contributed by atoms with van der Waals surface area (Å²) in [6.45, 7) is 4.25. The second-order valence-electron chi connectivity index (χ2n) is 3.08. The van der Waals surface area contributed by atoms with Gasteiger partial charge in [0, 0.05) is 0 Å². The van der Waals surface area contributed by atoms with Gasteiger partial charge in [0.1, 0.15) is 18.1 Å². The highest BCUT2D eigenvalue weighted by Crippen LogP contribution is 2.27. The Morgan fingerprint density at radius 3 is 2.29 bits per heavy atom. The van der Waals surface area contributed by atoms with Crippen LogP contribution in [0.5, 0.6) is 11.5 Å². The number of methoxy groups -OCH3 is 1. The van der Waals surface area contributed by atoms with Gasteiger partial charge in [-0.3, -0.25) is 0 Å². The lowest BCUT2D eigenvalue weighted by atomic mass is 10.1. The molecule has 0 saturated carbocycles. The number of aryl methyl sites for hydroxylation is 2. The molecule has 14 heavy (non-hydrogen) atoms. The van der Waals surface area contributed by atoms with E-state index in [1.165, 1.54) is 0 Å². The van der Waals surface area contributed by atoms with Crippen LogP contribution in [0.1, 0.15) is 11.1 Å². The average molecular weight is 190 g/mol. The lowest BCUT2D eigenvalue weighted by molar-refractivity contribution is 0.362. The molecular formula is C12H14O2. The zero-order valence-corrected chi connectivity index (χ0v) is 8.76. The second kappa shape index (κ2) is 4.57. The molecule has 2 heteroatoms. The Hall–Kier alpha value is -1.62. The molecule has 0 bridgehead atoms. The number of ether oxygens (including phenoxy) is 2. The molecule has 1 aromatic carbocycles. The van der Waals surface area contributed by atoms with Gasteiger partial charge in [-0.2, -0.15) is 0 Å². The van der Waals surface area contributed by atoms with Crippen molar-refractivity contribution in [3.05, 3.63) is 23.3 Å². The Morgan fingerprint density at radius 2 is 1.86 bits per heavy atom. The highest BCUT2D eigenvalue weighted by Gasteiger charge is 2.05. The van der Waals surface area contributed by atoms with E-state index in [1.807, 2.05) is 26.0 Å². The van der Waals surface area contributed by atoms with E-state index in [4.69, 9.17) is 15.9 Å². The van der Waals surface area contributed by atoms with Gasteiger partial charge in [0.2, 0.25) is 0 Å². The maximum absolute atomic E-state index is 5.42. The Morgan fingerprint density at radius 1 is 1.29 bits per heavy atom. The van der Waals surface area contributed by atoms with Crippen molar-refractivity contribution in [1.29, 1.82) is 0 Å². The summed E-state index contributed by atoms with van der Waals surface area (Å²) >= 11 is 0. The van der Waals surface area contributed by atoms with Crippen LogP contribution in [0.2, 0.25) is 0 Å². The molecule has 0 spiro atoms. The van der Waals surface area contributed by atoms with E-state index in [-0.39, 0.29) is 0 Å². The van der Waals surface area contributed by atoms with Crippen molar-refractivity contribution in [3.8, 4) is 23.8 Å². The van der Waals surface area contributed by atoms with Crippen LogP contribution in [-0.4, -0.2) is 13.7 Å². The molecule has 0 aromatic heterocycles. The van der Waals surface area contributed by atoms with Crippen molar-refractivity contribution in [2.45, 2.75) is 13.8 Å². The number of terminal acetylenes is 1. The molecule has 0 atom stereocenters. The van der Waals surface area contributed by atoms with Gasteiger partial charge >= 0.3 is 0 Å². The summed E-state index contributed by atoms with van der Waals surface area (Å²) in [5, 5.41) is 0. The Balaban J connectivity index is 3.00. The van der Waals surface area contributed by atoms with Gasteiger partial charge < -0.3 is 9.47 Å². The number of hydrogen-bond donors (Lipinski definition) is 0. The molecule has 74 valence electrons. The highest BCUT2D eigenvalue weighted by molar-refractivity contribution is 5.46. The molecule has 0 aliphatic heterocycles. The molecule has 2 nitrogen and oxygen atoms in total. The fourth-order valence-corrected chi connectivity index (χ4v) is 1.37. The van der Waals surface area contributed by atoms with E-state index in [0.717, 1.165) is 22.6 Å². The van der Waals surface area contributed by atoms with Gasteiger partial charge in [0.25, 0.3) is 0 Å². The van der Waals surface area contributed by atoms with Crippen molar-refractivity contribution in [2.75, 3.05) is 13.7 Å². The largest absolute Gasteiger partial charge is 0.497 e. The van der Waals surface area contributed by atoms with Crippen molar-refractivity contribution in [2.24, 2.45) is 0 Å². The monoisotopic (exact) mass is 190 g/mol. The molecule has 0 N–H and O–H groups in total. The molecule has 0 radical (unpaired) electrons. The Bertz CT molecular complexity index is 338. The first-order chi connectivity index (χ1) is 6.69. The summed E-state index contributed by atoms with van der Waals surface area (Å²) in [7, 11) is 1.65. The molecular weight excluding hydrogens is 176 g/mol. The summed E-state index contributed by atoms with van der Waals surface area (Å²) in [6.07, 6.45) is 5.13. The van der Waals surface area contributed by atoms with Crippen LogP contribution in [0.3, 0.4) is 0 Å². The molecule has 0 saturated heterocycles. The lowest BCUT2D eigenvalue weighted by Gasteiger charge is -2.11. The molecule has 1 aromatic rings. The quantitative estimate of drug-likeness (QED) is 0.681. The molecule has 0 aliphatic carbocycles. The first-order valence-corrected chi connectivity index (χ1v) is 4.40. The van der Waals surface area contributed by atoms with Crippen LogP contribution in [0.15, 0.2) is 12.1 Å². The van der Waals surface area contributed by atoms with Crippen LogP contribution >= 0.6 is 0 Å². The first kappa shape index (κ1) is 10.5. The van der Waals surface area contributed by atoms with Gasteiger partial charge in [0.05, 0.1) is 7.11 Å². The van der Waals surface area contributed by atoms with Gasteiger partial charge in [0.15, 0.2) is 0 Å². The first-order valence-electron chi connectivity index (χ1n) is 4.40. The predicted molar refractivity (Wildman–Crippen MR) is 56.8 cm³/mol. The lowest BCUT2D eigenvalue weighted by Crippen LogP contribution is -1.98. The standard InChI is InChI=1S/C12H14O2/c1-5-6-14-12-9(2)7-11(13-4)8-10(12)3/h1,7-8H,6H2,2-4H3. The van der Waals surface area contributed by atoms with E-state index in [2.05, 4.69) is 5.92 Å². The molecule has 1 rings (SSSR count). The summed E-state index contributed by atoms with van der Waals surface area (Å²) in [5.41, 5.74) is 2.08. The maximum Gasteiger partial charge on any atom is 0.148 e. The van der Waals surface area contributed by atoms with E-state index >= 15 is 0 Å². The summed E-state index contributed by atoms with van der Waals surface area (Å²) in [4.78, 5) is 0. The highest BCUT2D eigenvalue weighted by atomic mass is 16.5. The van der Waals surface area contributed by atoms with E-state index in [9.17, 15) is 0 Å². The van der Waals surface area contributed by atoms with E-state index in [1.54, 1.807) is 7.11 Å². The van der Waals surface area contributed by atoms with Crippen LogP contribution in [0.4, 0.5) is 0 Å². The third kappa shape index (κ3) is 2.20. The van der Waals surface area contributed by atoms with Crippen molar-refractivity contribution >= 4 is 0 Å². The van der Waals surface area contributed by atoms with Gasteiger partial charge in [-0.05, 0) is 37.1 Å². The van der Waals surface area contributed by atoms with Crippen molar-refractivity contribution < 1.29 is 9.47 Å². The van der Waals surface area contributed by atoms with Gasteiger partial charge in [-0.1, -0.05) is 5.92 Å². The molecule has 0 fully saturated rings. The van der Waals surface area contributed by atoms with Gasteiger partial charge in [-0.15, -0.1) is 6.42 Å². The van der Waals surface area contributed by atoms with Crippen LogP contribution in [-0.2, 0) is 0 Å². The number of rotatable bonds is 3. The van der Waals surface area contributed by atoms with Crippen molar-refractivity contribution in [1.82, 2.24) is 0 Å². The fourth-order valence-electron chi connectivity index (χ4n) is 1.37. The molecule has 0 heterocycles. The summed E-state index contributed by atoms with van der Waals surface area (Å²) < 4.78 is 10.6. The van der Waals surface area contributed by atoms with Crippen LogP contribution in [0, 0.1) is 26.2 Å². The maximum atomic E-state index is 5.42. The normalized spacial score (nSPS) is 9.29. The minimum absolute atomic E-state index is 0.300. The zero-order valence-electron chi connectivity index (χ0n) is 8.76. The minimum Gasteiger partial charge on any atom is -0.497 e. The Labute approximate surface area is 84.8 Å². The summed E-state index contributed by atoms with van der Waals surface area (Å²) in [5.74, 6) is 4.14. The fraction of sp³-hybridized carbons (Fsp3) is 0.333. The SMILES string of the molecule is C#CCOc1c(C)cc(OC)cc1C. The number of hydrogen-bond acceptors (Lipinski definition) is 2. The minimum atomic E-state index is 0.300. The molecule has 0 amide bonds. The van der Waals surface area contributed by atoms with E-state index in [0.29, 0.717) is 6.61 Å². The summed E-state index contributed by atoms with van der Waals surface area (Å²) in [6, 6.07) is 3.86. The second-order valence-corrected chi connectivity index (χ2v) is 3.08. The predicted octanol–water partition coefficient (Wildman–Crippen LogP) is 2.32. The molecule has 0 aliphatic rings. The van der Waals surface area contributed by atoms with Crippen LogP contribution in [0.25, 0.3) is 0 Å². The Kier molecular flexibility index (Phi) is 3.41. The van der Waals surface area contributed by atoms with E-state index < -0.39 is 0 Å². The zero-order chi connectivity index (χ0) is 10.6. The molecule has 0 unspecified atom stereocenters. The smallest absolute Gasteiger partial charge is 0.148 e. The topological polar surface area (TPSA) is 18.5 Å². The third-order valence-electron chi connectivity index (χ3n) is 1.97. The van der Waals surface area contributed by atoms with Crippen molar-refractivity contribution in [3.63, 3.8) is 0 Å². The van der Waals surface area contributed by atoms with Gasteiger partial charge in [-0.25, -0.2) is 0 Å².